The third-order valence-corrected chi connectivity index (χ3v) is 1.63. The summed E-state index contributed by atoms with van der Waals surface area (Å²) in [5, 5.41) is 0. The molecule has 7 heavy (non-hydrogen) atoms. The summed E-state index contributed by atoms with van der Waals surface area (Å²) in [5.74, 6) is 0.0978. The van der Waals surface area contributed by atoms with E-state index in [1.54, 1.807) is 9.19 Å². The highest BCUT2D eigenvalue weighted by Gasteiger charge is 2.08. The molecule has 0 radical (unpaired) electrons. The molecular weight excluding hydrogens is 205 g/mol. The van der Waals surface area contributed by atoms with Gasteiger partial charge in [-0.25, -0.2) is 0 Å². The summed E-state index contributed by atoms with van der Waals surface area (Å²) < 4.78 is 1.62. The first-order valence-corrected chi connectivity index (χ1v) is 2.91. The van der Waals surface area contributed by atoms with Crippen molar-refractivity contribution in [3.05, 3.63) is 12.2 Å². The Morgan fingerprint density at radius 1 is 1.86 bits per heavy atom. The molecule has 0 saturated heterocycles. The van der Waals surface area contributed by atoms with Gasteiger partial charge in [0.1, 0.15) is 0 Å². The van der Waals surface area contributed by atoms with Crippen LogP contribution in [0.15, 0.2) is 12.2 Å². The van der Waals surface area contributed by atoms with Crippen molar-refractivity contribution in [3.8, 4) is 0 Å². The summed E-state index contributed by atoms with van der Waals surface area (Å²) in [6, 6.07) is 0. The van der Waals surface area contributed by atoms with Crippen molar-refractivity contribution in [2.45, 2.75) is 0 Å². The Morgan fingerprint density at radius 3 is 2.71 bits per heavy atom. The molecule has 0 N–H and O–H groups in total. The molecular formula is C4H4INO. The van der Waals surface area contributed by atoms with Crippen molar-refractivity contribution in [2.75, 3.05) is 6.54 Å². The standard InChI is InChI=1S/C4H4INO/c5-6-3-1-2-4(6)7/h1-2H,3H2. The first-order chi connectivity index (χ1) is 3.30. The molecule has 1 aliphatic heterocycles. The second kappa shape index (κ2) is 1.81. The molecule has 0 aromatic carbocycles. The van der Waals surface area contributed by atoms with Crippen LogP contribution in [0.25, 0.3) is 0 Å². The summed E-state index contributed by atoms with van der Waals surface area (Å²) in [7, 11) is 0. The Bertz CT molecular complexity index is 121. The number of rotatable bonds is 0. The van der Waals surface area contributed by atoms with Crippen LogP contribution in [0.3, 0.4) is 0 Å². The molecule has 0 aromatic heterocycles. The lowest BCUT2D eigenvalue weighted by Gasteiger charge is -1.99. The van der Waals surface area contributed by atoms with Crippen LogP contribution in [0, 0.1) is 0 Å². The summed E-state index contributed by atoms with van der Waals surface area (Å²) in [4.78, 5) is 10.4. The molecule has 0 fully saturated rings. The predicted molar refractivity (Wildman–Crippen MR) is 34.9 cm³/mol. The fraction of sp³-hybridized carbons (Fsp3) is 0.250. The van der Waals surface area contributed by atoms with Crippen molar-refractivity contribution in [2.24, 2.45) is 0 Å². The second-order valence-electron chi connectivity index (χ2n) is 1.29. The molecule has 38 valence electrons. The van der Waals surface area contributed by atoms with Crippen LogP contribution >= 0.6 is 22.9 Å². The average Bonchev–Trinajstić information content (AvgIpc) is 1.91. The van der Waals surface area contributed by atoms with E-state index >= 15 is 0 Å². The zero-order valence-electron chi connectivity index (χ0n) is 3.60. The van der Waals surface area contributed by atoms with E-state index < -0.39 is 0 Å². The lowest BCUT2D eigenvalue weighted by atomic mass is 10.6. The van der Waals surface area contributed by atoms with Gasteiger partial charge in [-0.1, -0.05) is 6.08 Å². The van der Waals surface area contributed by atoms with Crippen LogP contribution < -0.4 is 0 Å². The van der Waals surface area contributed by atoms with Gasteiger partial charge in [0, 0.05) is 12.6 Å². The summed E-state index contributed by atoms with van der Waals surface area (Å²) in [6.07, 6.45) is 3.42. The zero-order chi connectivity index (χ0) is 5.28. The van der Waals surface area contributed by atoms with Crippen LogP contribution in [0.4, 0.5) is 0 Å². The van der Waals surface area contributed by atoms with Gasteiger partial charge in [-0.2, -0.15) is 0 Å². The first-order valence-electron chi connectivity index (χ1n) is 1.94. The molecule has 2 nitrogen and oxygen atoms in total. The van der Waals surface area contributed by atoms with Crippen molar-refractivity contribution in [3.63, 3.8) is 0 Å². The van der Waals surface area contributed by atoms with Crippen molar-refractivity contribution in [1.29, 1.82) is 0 Å². The molecule has 1 amide bonds. The van der Waals surface area contributed by atoms with Crippen LogP contribution in [0.2, 0.25) is 0 Å². The maximum atomic E-state index is 10.4. The van der Waals surface area contributed by atoms with Gasteiger partial charge in [-0.3, -0.25) is 7.91 Å². The lowest BCUT2D eigenvalue weighted by molar-refractivity contribution is -0.119. The Kier molecular flexibility index (Phi) is 1.32. The van der Waals surface area contributed by atoms with Gasteiger partial charge < -0.3 is 0 Å². The SMILES string of the molecule is O=C1C=CCN1I. The fourth-order valence-corrected chi connectivity index (χ4v) is 0.805. The van der Waals surface area contributed by atoms with Crippen molar-refractivity contribution < 1.29 is 4.79 Å². The van der Waals surface area contributed by atoms with Gasteiger partial charge in [0.05, 0.1) is 22.9 Å². The van der Waals surface area contributed by atoms with Crippen molar-refractivity contribution >= 4 is 28.8 Å². The Hall–Kier alpha value is -0.0600. The minimum absolute atomic E-state index is 0.0978. The zero-order valence-corrected chi connectivity index (χ0v) is 5.75. The maximum absolute atomic E-state index is 10.4. The highest BCUT2D eigenvalue weighted by Crippen LogP contribution is 2.05. The quantitative estimate of drug-likeness (QED) is 0.425. The van der Waals surface area contributed by atoms with Gasteiger partial charge in [0.2, 0.25) is 0 Å². The number of amides is 1. The van der Waals surface area contributed by atoms with Crippen LogP contribution in [-0.4, -0.2) is 15.6 Å². The van der Waals surface area contributed by atoms with E-state index in [1.807, 2.05) is 28.9 Å². The van der Waals surface area contributed by atoms with Crippen LogP contribution in [0.5, 0.6) is 0 Å². The van der Waals surface area contributed by atoms with E-state index in [9.17, 15) is 4.79 Å². The van der Waals surface area contributed by atoms with Gasteiger partial charge in [0.15, 0.2) is 0 Å². The van der Waals surface area contributed by atoms with Gasteiger partial charge in [0.25, 0.3) is 5.91 Å². The highest BCUT2D eigenvalue weighted by molar-refractivity contribution is 14.1. The predicted octanol–water partition coefficient (Wildman–Crippen LogP) is 0.735. The average molecular weight is 209 g/mol. The van der Waals surface area contributed by atoms with Crippen molar-refractivity contribution in [1.82, 2.24) is 3.11 Å². The van der Waals surface area contributed by atoms with E-state index in [0.717, 1.165) is 6.54 Å². The third-order valence-electron chi connectivity index (χ3n) is 0.765. The molecule has 0 aliphatic carbocycles. The number of halogens is 1. The number of nitrogens with zero attached hydrogens (tertiary/aromatic N) is 1. The minimum Gasteiger partial charge on any atom is -0.278 e. The fourth-order valence-electron chi connectivity index (χ4n) is 0.417. The van der Waals surface area contributed by atoms with Crippen LogP contribution in [-0.2, 0) is 4.79 Å². The molecule has 0 unspecified atom stereocenters. The van der Waals surface area contributed by atoms with Gasteiger partial charge in [-0.15, -0.1) is 0 Å². The molecule has 0 saturated carbocycles. The molecule has 1 heterocycles. The second-order valence-corrected chi connectivity index (χ2v) is 2.45. The molecule has 0 bridgehead atoms. The monoisotopic (exact) mass is 209 g/mol. The van der Waals surface area contributed by atoms with Gasteiger partial charge in [-0.05, 0) is 0 Å². The van der Waals surface area contributed by atoms with Crippen LogP contribution in [0.1, 0.15) is 0 Å². The normalized spacial score (nSPS) is 19.0. The molecule has 3 heteroatoms. The minimum atomic E-state index is 0.0978. The van der Waals surface area contributed by atoms with E-state index in [2.05, 4.69) is 0 Å². The third kappa shape index (κ3) is 0.933. The van der Waals surface area contributed by atoms with E-state index in [4.69, 9.17) is 0 Å². The number of carbonyl (C=O) groups is 1. The lowest BCUT2D eigenvalue weighted by Crippen LogP contribution is -2.11. The summed E-state index contributed by atoms with van der Waals surface area (Å²) >= 11 is 1.98. The van der Waals surface area contributed by atoms with E-state index in [1.165, 1.54) is 0 Å². The summed E-state index contributed by atoms with van der Waals surface area (Å²) in [5.41, 5.74) is 0. The topological polar surface area (TPSA) is 20.3 Å². The molecule has 1 aliphatic rings. The number of hydrogen-bond donors (Lipinski definition) is 0. The molecule has 0 spiro atoms. The molecule has 0 aromatic rings. The Morgan fingerprint density at radius 2 is 2.57 bits per heavy atom. The molecule has 0 atom stereocenters. The summed E-state index contributed by atoms with van der Waals surface area (Å²) in [6.45, 7) is 0.763. The highest BCUT2D eigenvalue weighted by atomic mass is 127. The Balaban J connectivity index is 2.62. The maximum Gasteiger partial charge on any atom is 0.255 e. The van der Waals surface area contributed by atoms with E-state index in [-0.39, 0.29) is 5.91 Å². The van der Waals surface area contributed by atoms with E-state index in [0.29, 0.717) is 0 Å². The smallest absolute Gasteiger partial charge is 0.255 e. The number of hydrogen-bond acceptors (Lipinski definition) is 1. The Labute approximate surface area is 55.7 Å². The molecule has 1 rings (SSSR count). The van der Waals surface area contributed by atoms with Gasteiger partial charge >= 0.3 is 0 Å². The largest absolute Gasteiger partial charge is 0.278 e. The number of carbonyl (C=O) groups excluding carboxylic acids is 1. The first kappa shape index (κ1) is 5.08.